The molecule has 0 saturated heterocycles. The molecule has 5 aromatic rings. The van der Waals surface area contributed by atoms with Crippen molar-refractivity contribution < 1.29 is 35.8 Å². The van der Waals surface area contributed by atoms with Crippen LogP contribution in [0.4, 0.5) is 28.4 Å². The number of fused-ring (bicyclic) bond motifs is 1. The molecule has 0 unspecified atom stereocenters. The van der Waals surface area contributed by atoms with Crippen molar-refractivity contribution in [1.29, 1.82) is 0 Å². The molecule has 0 aliphatic rings. The van der Waals surface area contributed by atoms with Gasteiger partial charge in [-0.2, -0.15) is 32.2 Å². The molecule has 0 bridgehead atoms. The quantitative estimate of drug-likeness (QED) is 0.0798. The molecule has 0 aliphatic carbocycles. The van der Waals surface area contributed by atoms with Gasteiger partial charge in [0.05, 0.1) is 22.0 Å². The first-order valence-electron chi connectivity index (χ1n) is 12.5. The van der Waals surface area contributed by atoms with Crippen molar-refractivity contribution in [3.63, 3.8) is 0 Å². The van der Waals surface area contributed by atoms with Crippen LogP contribution in [0.3, 0.4) is 0 Å². The van der Waals surface area contributed by atoms with E-state index in [9.17, 15) is 31.3 Å². The van der Waals surface area contributed by atoms with Gasteiger partial charge in [0, 0.05) is 46.2 Å². The second kappa shape index (κ2) is 13.7. The molecule has 45 heavy (non-hydrogen) atoms. The summed E-state index contributed by atoms with van der Waals surface area (Å²) in [5.41, 5.74) is 1.23. The first-order chi connectivity index (χ1) is 20.9. The molecule has 0 saturated carbocycles. The largest absolute Gasteiger partial charge is 0.505 e. The zero-order chi connectivity index (χ0) is 31.5. The van der Waals surface area contributed by atoms with Crippen molar-refractivity contribution in [2.24, 2.45) is 20.5 Å². The van der Waals surface area contributed by atoms with E-state index in [0.29, 0.717) is 22.6 Å². The van der Waals surface area contributed by atoms with Crippen molar-refractivity contribution in [2.75, 3.05) is 5.32 Å². The summed E-state index contributed by atoms with van der Waals surface area (Å²) in [5, 5.41) is 29.9. The molecule has 0 spiro atoms. The Bertz CT molecular complexity index is 2160. The summed E-state index contributed by atoms with van der Waals surface area (Å²) in [6.45, 7) is 0. The van der Waals surface area contributed by atoms with Gasteiger partial charge in [-0.25, -0.2) is 0 Å². The van der Waals surface area contributed by atoms with Gasteiger partial charge in [0.15, 0.2) is 5.75 Å². The van der Waals surface area contributed by atoms with Crippen molar-refractivity contribution in [3.05, 3.63) is 109 Å². The van der Waals surface area contributed by atoms with E-state index < -0.39 is 42.5 Å². The molecule has 1 radical (unpaired) electrons. The molecule has 0 heterocycles. The maximum absolute atomic E-state index is 12.5. The number of hydrogen-bond donors (Lipinski definition) is 4. The van der Waals surface area contributed by atoms with Gasteiger partial charge in [0.1, 0.15) is 10.6 Å². The number of amides is 1. The molecule has 1 amide bonds. The Hall–Kier alpha value is -4.35. The molecule has 16 heteroatoms. The van der Waals surface area contributed by atoms with Gasteiger partial charge in [0.2, 0.25) is 0 Å². The molecule has 0 aliphatic heterocycles. The summed E-state index contributed by atoms with van der Waals surface area (Å²) in [4.78, 5) is 11.5. The number of rotatable bonds is 8. The summed E-state index contributed by atoms with van der Waals surface area (Å²) >= 11 is 0. The van der Waals surface area contributed by atoms with Crippen LogP contribution in [0.15, 0.2) is 133 Å². The van der Waals surface area contributed by atoms with E-state index in [1.54, 1.807) is 30.3 Å². The molecule has 0 fully saturated rings. The third-order valence-corrected chi connectivity index (χ3v) is 7.89. The van der Waals surface area contributed by atoms with Gasteiger partial charge in [-0.05, 0) is 90.3 Å². The smallest absolute Gasteiger partial charge is 0.296 e. The summed E-state index contributed by atoms with van der Waals surface area (Å²) in [5.74, 6) is -0.943. The average molecular weight is 655 g/mol. The fourth-order valence-corrected chi connectivity index (χ4v) is 5.15. The summed E-state index contributed by atoms with van der Waals surface area (Å²) in [6, 6.07) is 25.1. The third kappa shape index (κ3) is 8.23. The number of anilines is 1. The Balaban J connectivity index is 0.00000461. The monoisotopic (exact) mass is 654 g/mol. The summed E-state index contributed by atoms with van der Waals surface area (Å²) in [6.07, 6.45) is 0. The Morgan fingerprint density at radius 1 is 0.644 bits per heavy atom. The maximum atomic E-state index is 12.5. The van der Waals surface area contributed by atoms with Crippen LogP contribution in [-0.4, -0.2) is 66.5 Å². The zero-order valence-corrected chi connectivity index (χ0v) is 26.9. The minimum absolute atomic E-state index is 0. The molecule has 13 nitrogen and oxygen atoms in total. The van der Waals surface area contributed by atoms with E-state index in [0.717, 1.165) is 6.07 Å². The summed E-state index contributed by atoms with van der Waals surface area (Å²) in [7, 11) is -9.18. The number of carbonyl (C=O) groups is 1. The van der Waals surface area contributed by atoms with Crippen LogP contribution < -0.4 is 5.32 Å². The summed E-state index contributed by atoms with van der Waals surface area (Å²) < 4.78 is 65.7. The van der Waals surface area contributed by atoms with Crippen molar-refractivity contribution >= 4 is 94.9 Å². The van der Waals surface area contributed by atoms with Crippen LogP contribution in [0.2, 0.25) is 0 Å². The normalized spacial score (nSPS) is 12.0. The molecule has 0 atom stereocenters. The van der Waals surface area contributed by atoms with Gasteiger partial charge >= 0.3 is 0 Å². The topological polar surface area (TPSA) is 208 Å². The van der Waals surface area contributed by atoms with Crippen LogP contribution in [0.25, 0.3) is 10.8 Å². The molecule has 4 N–H and O–H groups in total. The Morgan fingerprint density at radius 3 is 1.71 bits per heavy atom. The molecular weight excluding hydrogens is 633 g/mol. The van der Waals surface area contributed by atoms with Gasteiger partial charge < -0.3 is 10.4 Å². The van der Waals surface area contributed by atoms with Crippen LogP contribution >= 0.6 is 0 Å². The standard InChI is InChI=1S/C29H21N5O8S2.Na/c35-28-25-15-12-23(30-29(36)18-4-2-1-3-5-18)16-19(25)17-26(44(40,41)42)27(28)34-33-21-8-6-20(7-9-21)31-32-22-10-13-24(14-11-22)43(37,38)39;/h1-17,35H,(H,30,36)(H,37,38,39)(H,40,41,42);. The number of azo groups is 2. The third-order valence-electron chi connectivity index (χ3n) is 6.15. The second-order valence-electron chi connectivity index (χ2n) is 9.19. The second-order valence-corrected chi connectivity index (χ2v) is 12.0. The number of nitrogens with one attached hydrogen (secondary N) is 1. The van der Waals surface area contributed by atoms with E-state index >= 15 is 0 Å². The number of phenols is 1. The molecule has 223 valence electrons. The van der Waals surface area contributed by atoms with Crippen LogP contribution in [0.5, 0.6) is 5.75 Å². The van der Waals surface area contributed by atoms with Crippen molar-refractivity contribution in [3.8, 4) is 5.75 Å². The van der Waals surface area contributed by atoms with Gasteiger partial charge in [-0.3, -0.25) is 13.9 Å². The molecule has 0 aromatic heterocycles. The Kier molecular flexibility index (Phi) is 10.2. The number of hydrogen-bond acceptors (Lipinski definition) is 10. The first-order valence-corrected chi connectivity index (χ1v) is 15.4. The fourth-order valence-electron chi connectivity index (χ4n) is 4.01. The van der Waals surface area contributed by atoms with Gasteiger partial charge in [0.25, 0.3) is 26.1 Å². The van der Waals surface area contributed by atoms with E-state index in [2.05, 4.69) is 25.8 Å². The number of benzene rings is 5. The molecular formula is C29H21N5NaO8S2. The first kappa shape index (κ1) is 33.5. The predicted octanol–water partition coefficient (Wildman–Crippen LogP) is 6.74. The fraction of sp³-hybridized carbons (Fsp3) is 0. The van der Waals surface area contributed by atoms with E-state index in [1.807, 2.05) is 0 Å². The minimum atomic E-state index is -4.86. The van der Waals surface area contributed by atoms with Gasteiger partial charge in [-0.1, -0.05) is 18.2 Å². The number of aromatic hydroxyl groups is 1. The van der Waals surface area contributed by atoms with Crippen molar-refractivity contribution in [1.82, 2.24) is 0 Å². The predicted molar refractivity (Wildman–Crippen MR) is 167 cm³/mol. The molecule has 5 rings (SSSR count). The Labute approximate surface area is 279 Å². The number of nitrogens with zero attached hydrogens (tertiary/aromatic N) is 4. The number of phenolic OH excluding ortho intramolecular Hbond substituents is 1. The van der Waals surface area contributed by atoms with Gasteiger partial charge in [-0.15, -0.1) is 5.11 Å². The van der Waals surface area contributed by atoms with Crippen LogP contribution in [-0.2, 0) is 20.2 Å². The van der Waals surface area contributed by atoms with Crippen molar-refractivity contribution in [2.45, 2.75) is 9.79 Å². The average Bonchev–Trinajstić information content (AvgIpc) is 2.99. The SMILES string of the molecule is O=C(Nc1ccc2c(O)c(N=Nc3ccc(N=Nc4ccc(S(=O)(=O)O)cc4)cc3)c(S(=O)(=O)O)cc2c1)c1ccccc1.[Na]. The zero-order valence-electron chi connectivity index (χ0n) is 23.3. The maximum Gasteiger partial charge on any atom is 0.296 e. The molecule has 5 aromatic carbocycles. The van der Waals surface area contributed by atoms with E-state index in [4.69, 9.17) is 4.55 Å². The number of carbonyl (C=O) groups excluding carboxylic acids is 1. The van der Waals surface area contributed by atoms with E-state index in [-0.39, 0.29) is 50.9 Å². The van der Waals surface area contributed by atoms with Crippen LogP contribution in [0, 0.1) is 0 Å². The van der Waals surface area contributed by atoms with Crippen LogP contribution in [0.1, 0.15) is 10.4 Å². The minimum Gasteiger partial charge on any atom is -0.505 e. The Morgan fingerprint density at radius 2 is 1.18 bits per heavy atom. The van der Waals surface area contributed by atoms with E-state index in [1.165, 1.54) is 66.7 Å².